The maximum Gasteiger partial charge on any atom is 0.322 e. The van der Waals surface area contributed by atoms with E-state index in [1.165, 1.54) is 6.07 Å². The van der Waals surface area contributed by atoms with E-state index in [9.17, 15) is 14.7 Å². The number of halogens is 1. The minimum Gasteiger partial charge on any atom is -0.505 e. The zero-order valence-corrected chi connectivity index (χ0v) is 11.4. The summed E-state index contributed by atoms with van der Waals surface area (Å²) in [5.74, 6) is -2.55. The monoisotopic (exact) mass is 307 g/mol. The molecule has 0 atom stereocenters. The third-order valence-electron chi connectivity index (χ3n) is 2.56. The van der Waals surface area contributed by atoms with Crippen LogP contribution in [0.5, 0.6) is 5.75 Å². The fourth-order valence-electron chi connectivity index (χ4n) is 1.62. The molecule has 0 radical (unpaired) electrons. The number of carbonyl (C=O) groups excluding carboxylic acids is 1. The number of carbonyl (C=O) groups is 2. The van der Waals surface area contributed by atoms with Crippen LogP contribution in [-0.4, -0.2) is 33.6 Å². The average molecular weight is 308 g/mol. The highest BCUT2D eigenvalue weighted by molar-refractivity contribution is 6.30. The van der Waals surface area contributed by atoms with Crippen LogP contribution < -0.4 is 5.32 Å². The molecular formula is C14H11ClN2O4. The Hall–Kier alpha value is -2.60. The van der Waals surface area contributed by atoms with Crippen molar-refractivity contribution < 1.29 is 21.2 Å². The summed E-state index contributed by atoms with van der Waals surface area (Å²) in [6.07, 6.45) is -0.236. The molecule has 1 amide bonds. The molecule has 0 spiro atoms. The number of rotatable bonds is 4. The van der Waals surface area contributed by atoms with Crippen molar-refractivity contribution in [2.75, 3.05) is 6.54 Å². The first-order valence-electron chi connectivity index (χ1n) is 6.35. The normalized spacial score (nSPS) is 10.8. The van der Waals surface area contributed by atoms with Gasteiger partial charge in [0, 0.05) is 16.8 Å². The van der Waals surface area contributed by atoms with Gasteiger partial charge in [0.1, 0.15) is 12.3 Å². The molecule has 0 fully saturated rings. The number of pyridine rings is 1. The van der Waals surface area contributed by atoms with Crippen LogP contribution in [0.3, 0.4) is 0 Å². The Labute approximate surface area is 126 Å². The van der Waals surface area contributed by atoms with Crippen LogP contribution in [0.1, 0.15) is 11.9 Å². The SMILES string of the molecule is [2H]c1nc(C(=O)NCC(=O)O)c(O)cc1-c1cccc(Cl)c1. The predicted octanol–water partition coefficient (Wildman–Crippen LogP) is 1.92. The van der Waals surface area contributed by atoms with Crippen LogP contribution in [0.2, 0.25) is 5.02 Å². The Kier molecular flexibility index (Phi) is 3.97. The second-order valence-electron chi connectivity index (χ2n) is 4.10. The number of nitrogens with zero attached hydrogens (tertiary/aromatic N) is 1. The Balaban J connectivity index is 2.36. The number of carboxylic acid groups (broad SMARTS) is 1. The smallest absolute Gasteiger partial charge is 0.322 e. The number of benzene rings is 1. The molecule has 1 aromatic carbocycles. The Morgan fingerprint density at radius 1 is 1.33 bits per heavy atom. The number of aromatic hydroxyl groups is 1. The lowest BCUT2D eigenvalue weighted by atomic mass is 10.1. The first-order valence-corrected chi connectivity index (χ1v) is 6.23. The van der Waals surface area contributed by atoms with E-state index < -0.39 is 29.9 Å². The highest BCUT2D eigenvalue weighted by atomic mass is 35.5. The van der Waals surface area contributed by atoms with Crippen LogP contribution in [0.15, 0.2) is 36.5 Å². The van der Waals surface area contributed by atoms with Gasteiger partial charge in [0.05, 0.1) is 1.37 Å². The van der Waals surface area contributed by atoms with Crippen LogP contribution in [-0.2, 0) is 4.79 Å². The van der Waals surface area contributed by atoms with Gasteiger partial charge in [-0.1, -0.05) is 23.7 Å². The van der Waals surface area contributed by atoms with Crippen molar-refractivity contribution in [1.29, 1.82) is 0 Å². The van der Waals surface area contributed by atoms with Gasteiger partial charge in [-0.3, -0.25) is 9.59 Å². The minimum absolute atomic E-state index is 0.236. The summed E-state index contributed by atoms with van der Waals surface area (Å²) in [5.41, 5.74) is 0.463. The maximum atomic E-state index is 11.7. The molecule has 7 heteroatoms. The van der Waals surface area contributed by atoms with Gasteiger partial charge in [0.15, 0.2) is 5.69 Å². The highest BCUT2D eigenvalue weighted by Gasteiger charge is 2.14. The Morgan fingerprint density at radius 2 is 2.10 bits per heavy atom. The van der Waals surface area contributed by atoms with E-state index in [1.807, 2.05) is 0 Å². The molecule has 0 bridgehead atoms. The largest absolute Gasteiger partial charge is 0.505 e. The zero-order valence-electron chi connectivity index (χ0n) is 11.6. The topological polar surface area (TPSA) is 99.5 Å². The first kappa shape index (κ1) is 13.4. The van der Waals surface area contributed by atoms with E-state index in [1.54, 1.807) is 24.3 Å². The molecule has 0 saturated heterocycles. The molecule has 1 heterocycles. The third-order valence-corrected chi connectivity index (χ3v) is 2.80. The lowest BCUT2D eigenvalue weighted by Crippen LogP contribution is -2.29. The van der Waals surface area contributed by atoms with Gasteiger partial charge >= 0.3 is 5.97 Å². The van der Waals surface area contributed by atoms with Crippen molar-refractivity contribution in [3.05, 3.63) is 47.2 Å². The maximum absolute atomic E-state index is 11.7. The number of amides is 1. The zero-order chi connectivity index (χ0) is 16.3. The Morgan fingerprint density at radius 3 is 2.76 bits per heavy atom. The third kappa shape index (κ3) is 3.70. The van der Waals surface area contributed by atoms with Crippen LogP contribution >= 0.6 is 11.6 Å². The molecule has 0 saturated carbocycles. The predicted molar refractivity (Wildman–Crippen MR) is 76.3 cm³/mol. The molecule has 2 aromatic rings. The summed E-state index contributed by atoms with van der Waals surface area (Å²) >= 11 is 5.88. The van der Waals surface area contributed by atoms with Gasteiger partial charge in [-0.15, -0.1) is 0 Å². The number of aliphatic carboxylic acids is 1. The van der Waals surface area contributed by atoms with Crippen LogP contribution in [0.25, 0.3) is 11.1 Å². The summed E-state index contributed by atoms with van der Waals surface area (Å²) in [7, 11) is 0. The molecule has 0 aliphatic heterocycles. The van der Waals surface area contributed by atoms with Crippen LogP contribution in [0, 0.1) is 0 Å². The molecule has 0 aliphatic carbocycles. The quantitative estimate of drug-likeness (QED) is 0.801. The van der Waals surface area contributed by atoms with Gasteiger partial charge in [-0.2, -0.15) is 0 Å². The highest BCUT2D eigenvalue weighted by Crippen LogP contribution is 2.26. The lowest BCUT2D eigenvalue weighted by molar-refractivity contribution is -0.135. The van der Waals surface area contributed by atoms with Gasteiger partial charge < -0.3 is 15.5 Å². The van der Waals surface area contributed by atoms with Gasteiger partial charge in [-0.25, -0.2) is 4.98 Å². The molecule has 3 N–H and O–H groups in total. The van der Waals surface area contributed by atoms with Crippen molar-refractivity contribution in [1.82, 2.24) is 10.3 Å². The summed E-state index contributed by atoms with van der Waals surface area (Å²) in [4.78, 5) is 25.9. The number of carboxylic acids is 1. The number of hydrogen-bond acceptors (Lipinski definition) is 4. The minimum atomic E-state index is -1.23. The molecule has 0 aliphatic rings. The number of aromatic nitrogens is 1. The summed E-state index contributed by atoms with van der Waals surface area (Å²) in [6, 6.07) is 7.85. The summed E-state index contributed by atoms with van der Waals surface area (Å²) in [5, 5.41) is 20.9. The standard InChI is InChI=1S/C14H11ClN2O4/c15-10-3-1-2-8(4-10)9-5-11(18)13(16-6-9)14(21)17-7-12(19)20/h1-6,18H,7H2,(H,17,21)(H,19,20)/i6D. The molecule has 1 aromatic heterocycles. The molecular weight excluding hydrogens is 296 g/mol. The van der Waals surface area contributed by atoms with E-state index >= 15 is 0 Å². The lowest BCUT2D eigenvalue weighted by Gasteiger charge is -2.07. The first-order chi connectivity index (χ1) is 10.4. The molecule has 6 nitrogen and oxygen atoms in total. The Bertz CT molecular complexity index is 752. The number of hydrogen-bond donors (Lipinski definition) is 3. The summed E-state index contributed by atoms with van der Waals surface area (Å²) in [6.45, 7) is -0.608. The van der Waals surface area contributed by atoms with Crippen molar-refractivity contribution in [3.8, 4) is 16.9 Å². The van der Waals surface area contributed by atoms with Crippen molar-refractivity contribution in [3.63, 3.8) is 0 Å². The second kappa shape index (κ2) is 6.23. The molecule has 2 rings (SSSR count). The van der Waals surface area contributed by atoms with Crippen molar-refractivity contribution in [2.24, 2.45) is 0 Å². The molecule has 0 unspecified atom stereocenters. The van der Waals surface area contributed by atoms with Crippen molar-refractivity contribution >= 4 is 23.5 Å². The average Bonchev–Trinajstić information content (AvgIpc) is 2.46. The van der Waals surface area contributed by atoms with E-state index in [0.717, 1.165) is 0 Å². The fraction of sp³-hybridized carbons (Fsp3) is 0.0714. The molecule has 108 valence electrons. The summed E-state index contributed by atoms with van der Waals surface area (Å²) < 4.78 is 7.86. The van der Waals surface area contributed by atoms with E-state index in [-0.39, 0.29) is 6.17 Å². The second-order valence-corrected chi connectivity index (χ2v) is 4.54. The van der Waals surface area contributed by atoms with Gasteiger partial charge in [0.2, 0.25) is 0 Å². The van der Waals surface area contributed by atoms with E-state index in [0.29, 0.717) is 16.1 Å². The van der Waals surface area contributed by atoms with Gasteiger partial charge in [-0.05, 0) is 23.8 Å². The number of nitrogens with one attached hydrogen (secondary N) is 1. The van der Waals surface area contributed by atoms with Crippen molar-refractivity contribution in [2.45, 2.75) is 0 Å². The van der Waals surface area contributed by atoms with Gasteiger partial charge in [0.25, 0.3) is 5.91 Å². The van der Waals surface area contributed by atoms with Crippen LogP contribution in [0.4, 0.5) is 0 Å². The van der Waals surface area contributed by atoms with E-state index in [2.05, 4.69) is 10.3 Å². The van der Waals surface area contributed by atoms with E-state index in [4.69, 9.17) is 18.1 Å². The molecule has 21 heavy (non-hydrogen) atoms. The fourth-order valence-corrected chi connectivity index (χ4v) is 1.81.